The van der Waals surface area contributed by atoms with Gasteiger partial charge in [-0.05, 0) is 31.0 Å². The summed E-state index contributed by atoms with van der Waals surface area (Å²) in [6.07, 6.45) is 1.68. The van der Waals surface area contributed by atoms with Crippen LogP contribution < -0.4 is 4.74 Å². The Bertz CT molecular complexity index is 531. The summed E-state index contributed by atoms with van der Waals surface area (Å²) in [7, 11) is 0. The van der Waals surface area contributed by atoms with Gasteiger partial charge >= 0.3 is 5.97 Å². The highest BCUT2D eigenvalue weighted by Gasteiger charge is 2.32. The molecule has 108 valence electrons. The molecule has 0 saturated carbocycles. The molecule has 2 rings (SSSR count). The number of rotatable bonds is 6. The number of Topliss-reactive ketones (excluding diaryl/α,β-unsaturated/α-hetero) is 1. The molecule has 0 fully saturated rings. The van der Waals surface area contributed by atoms with E-state index in [1.807, 2.05) is 12.1 Å². The molecule has 0 unspecified atom stereocenters. The van der Waals surface area contributed by atoms with Gasteiger partial charge in [-0.2, -0.15) is 0 Å². The summed E-state index contributed by atoms with van der Waals surface area (Å²) >= 11 is 0. The predicted molar refractivity (Wildman–Crippen MR) is 75.4 cm³/mol. The van der Waals surface area contributed by atoms with Gasteiger partial charge in [0, 0.05) is 29.4 Å². The fraction of sp³-hybridized carbons (Fsp3) is 0.500. The lowest BCUT2D eigenvalue weighted by Crippen LogP contribution is -2.18. The lowest BCUT2D eigenvalue weighted by molar-refractivity contribution is -0.137. The molecule has 4 heteroatoms. The van der Waals surface area contributed by atoms with Crippen molar-refractivity contribution in [1.82, 2.24) is 0 Å². The number of benzene rings is 1. The molecule has 0 aromatic heterocycles. The number of hydrogen-bond donors (Lipinski definition) is 1. The summed E-state index contributed by atoms with van der Waals surface area (Å²) < 4.78 is 5.60. The van der Waals surface area contributed by atoms with Crippen molar-refractivity contribution in [1.29, 1.82) is 0 Å². The maximum atomic E-state index is 12.1. The van der Waals surface area contributed by atoms with Crippen LogP contribution in [0.25, 0.3) is 0 Å². The molecule has 0 radical (unpaired) electrons. The first-order chi connectivity index (χ1) is 9.40. The van der Waals surface area contributed by atoms with Crippen molar-refractivity contribution < 1.29 is 19.4 Å². The molecule has 0 amide bonds. The number of carbonyl (C=O) groups is 2. The maximum absolute atomic E-state index is 12.1. The van der Waals surface area contributed by atoms with E-state index in [-0.39, 0.29) is 17.6 Å². The lowest BCUT2D eigenvalue weighted by Gasteiger charge is -2.15. The van der Waals surface area contributed by atoms with Crippen LogP contribution in [0, 0.1) is 0 Å². The monoisotopic (exact) mass is 276 g/mol. The van der Waals surface area contributed by atoms with Crippen LogP contribution in [0.1, 0.15) is 55.5 Å². The summed E-state index contributed by atoms with van der Waals surface area (Å²) in [5.41, 5.74) is 1.71. The normalized spacial score (nSPS) is 15.5. The van der Waals surface area contributed by atoms with E-state index < -0.39 is 5.97 Å². The zero-order chi connectivity index (χ0) is 14.8. The van der Waals surface area contributed by atoms with Crippen molar-refractivity contribution >= 4 is 11.8 Å². The molecular formula is C16H20O4. The number of fused-ring (bicyclic) bond motifs is 1. The molecule has 0 atom stereocenters. The topological polar surface area (TPSA) is 63.6 Å². The van der Waals surface area contributed by atoms with Crippen molar-refractivity contribution in [3.63, 3.8) is 0 Å². The molecule has 1 aromatic carbocycles. The summed E-state index contributed by atoms with van der Waals surface area (Å²) in [5.74, 6) is 0.118. The van der Waals surface area contributed by atoms with E-state index in [1.54, 1.807) is 6.07 Å². The highest BCUT2D eigenvalue weighted by Crippen LogP contribution is 2.38. The number of carbonyl (C=O) groups excluding carboxylic acids is 1. The average molecular weight is 276 g/mol. The largest absolute Gasteiger partial charge is 0.492 e. The first-order valence-electron chi connectivity index (χ1n) is 6.92. The highest BCUT2D eigenvalue weighted by atomic mass is 16.5. The number of carboxylic acids is 1. The molecule has 1 aliphatic rings. The number of ether oxygens (including phenoxy) is 1. The van der Waals surface area contributed by atoms with E-state index in [0.717, 1.165) is 11.3 Å². The maximum Gasteiger partial charge on any atom is 0.303 e. The number of carboxylic acid groups (broad SMARTS) is 1. The van der Waals surface area contributed by atoms with Gasteiger partial charge in [0.25, 0.3) is 0 Å². The van der Waals surface area contributed by atoms with Crippen LogP contribution in [0.15, 0.2) is 18.2 Å². The fourth-order valence-electron chi connectivity index (χ4n) is 2.40. The van der Waals surface area contributed by atoms with Gasteiger partial charge in [-0.3, -0.25) is 9.59 Å². The number of hydrogen-bond acceptors (Lipinski definition) is 3. The van der Waals surface area contributed by atoms with Gasteiger partial charge in [0.2, 0.25) is 0 Å². The van der Waals surface area contributed by atoms with Crippen molar-refractivity contribution in [3.8, 4) is 5.75 Å². The van der Waals surface area contributed by atoms with Gasteiger partial charge in [-0.1, -0.05) is 13.8 Å². The Balaban J connectivity index is 2.00. The number of aliphatic carboxylic acids is 1. The average Bonchev–Trinajstić information content (AvgIpc) is 2.70. The predicted octanol–water partition coefficient (Wildman–Crippen LogP) is 3.18. The van der Waals surface area contributed by atoms with Gasteiger partial charge in [0.1, 0.15) is 5.75 Å². The molecule has 20 heavy (non-hydrogen) atoms. The van der Waals surface area contributed by atoms with E-state index in [9.17, 15) is 9.59 Å². The Kier molecular flexibility index (Phi) is 4.12. The molecule has 1 aromatic rings. The lowest BCUT2D eigenvalue weighted by atomic mass is 9.85. The Morgan fingerprint density at radius 3 is 2.65 bits per heavy atom. The van der Waals surface area contributed by atoms with Gasteiger partial charge in [-0.15, -0.1) is 0 Å². The van der Waals surface area contributed by atoms with Crippen molar-refractivity contribution in [2.75, 3.05) is 6.61 Å². The molecule has 1 aliphatic heterocycles. The molecule has 0 spiro atoms. The fourth-order valence-corrected chi connectivity index (χ4v) is 2.40. The van der Waals surface area contributed by atoms with Gasteiger partial charge in [0.15, 0.2) is 5.78 Å². The van der Waals surface area contributed by atoms with Crippen LogP contribution >= 0.6 is 0 Å². The zero-order valence-electron chi connectivity index (χ0n) is 11.9. The van der Waals surface area contributed by atoms with E-state index in [4.69, 9.17) is 9.84 Å². The van der Waals surface area contributed by atoms with Crippen LogP contribution in [-0.4, -0.2) is 23.5 Å². The van der Waals surface area contributed by atoms with E-state index in [1.165, 1.54) is 0 Å². The summed E-state index contributed by atoms with van der Waals surface area (Å²) in [6, 6.07) is 5.57. The Morgan fingerprint density at radius 1 is 1.25 bits per heavy atom. The quantitative estimate of drug-likeness (QED) is 0.640. The SMILES string of the molecule is CC1(C)COc2ccc(C(=O)CCCCC(=O)O)cc21. The smallest absolute Gasteiger partial charge is 0.303 e. The third-order valence-corrected chi connectivity index (χ3v) is 3.66. The molecule has 0 saturated heterocycles. The Labute approximate surface area is 118 Å². The van der Waals surface area contributed by atoms with Crippen LogP contribution in [0.3, 0.4) is 0 Å². The van der Waals surface area contributed by atoms with E-state index in [0.29, 0.717) is 31.4 Å². The molecule has 1 N–H and O–H groups in total. The van der Waals surface area contributed by atoms with Gasteiger partial charge < -0.3 is 9.84 Å². The Hall–Kier alpha value is -1.84. The zero-order valence-corrected chi connectivity index (χ0v) is 11.9. The summed E-state index contributed by atoms with van der Waals surface area (Å²) in [5, 5.41) is 8.56. The second kappa shape index (κ2) is 5.65. The molecule has 0 aliphatic carbocycles. The second-order valence-corrected chi connectivity index (χ2v) is 5.91. The summed E-state index contributed by atoms with van der Waals surface area (Å²) in [6.45, 7) is 4.83. The van der Waals surface area contributed by atoms with Crippen LogP contribution in [-0.2, 0) is 10.2 Å². The number of unbranched alkanes of at least 4 members (excludes halogenated alkanes) is 1. The minimum atomic E-state index is -0.811. The van der Waals surface area contributed by atoms with Crippen LogP contribution in [0.5, 0.6) is 5.75 Å². The Morgan fingerprint density at radius 2 is 1.95 bits per heavy atom. The summed E-state index contributed by atoms with van der Waals surface area (Å²) in [4.78, 5) is 22.5. The molecule has 4 nitrogen and oxygen atoms in total. The van der Waals surface area contributed by atoms with E-state index >= 15 is 0 Å². The first kappa shape index (κ1) is 14.6. The van der Waals surface area contributed by atoms with Crippen LogP contribution in [0.2, 0.25) is 0 Å². The minimum absolute atomic E-state index is 0.0606. The second-order valence-electron chi connectivity index (χ2n) is 5.91. The third kappa shape index (κ3) is 3.18. The minimum Gasteiger partial charge on any atom is -0.492 e. The molecular weight excluding hydrogens is 256 g/mol. The van der Waals surface area contributed by atoms with Crippen LogP contribution in [0.4, 0.5) is 0 Å². The van der Waals surface area contributed by atoms with E-state index in [2.05, 4.69) is 13.8 Å². The molecule has 0 bridgehead atoms. The third-order valence-electron chi connectivity index (χ3n) is 3.66. The molecule has 1 heterocycles. The standard InChI is InChI=1S/C16H20O4/c1-16(2)10-20-14-8-7-11(9-12(14)16)13(17)5-3-4-6-15(18)19/h7-9H,3-6,10H2,1-2H3,(H,18,19). The van der Waals surface area contributed by atoms with Gasteiger partial charge in [0.05, 0.1) is 6.61 Å². The van der Waals surface area contributed by atoms with Crippen molar-refractivity contribution in [2.24, 2.45) is 0 Å². The van der Waals surface area contributed by atoms with Crippen molar-refractivity contribution in [3.05, 3.63) is 29.3 Å². The van der Waals surface area contributed by atoms with Crippen molar-refractivity contribution in [2.45, 2.75) is 44.9 Å². The highest BCUT2D eigenvalue weighted by molar-refractivity contribution is 5.96. The number of ketones is 1. The first-order valence-corrected chi connectivity index (χ1v) is 6.92. The van der Waals surface area contributed by atoms with Gasteiger partial charge in [-0.25, -0.2) is 0 Å².